The maximum absolute atomic E-state index is 12.1. The Labute approximate surface area is 137 Å². The maximum Gasteiger partial charge on any atom is 0.246 e. The van der Waals surface area contributed by atoms with Gasteiger partial charge in [0.1, 0.15) is 13.2 Å². The van der Waals surface area contributed by atoms with Crippen LogP contribution in [-0.4, -0.2) is 27.7 Å². The van der Waals surface area contributed by atoms with Gasteiger partial charge in [-0.1, -0.05) is 17.3 Å². The molecule has 0 aliphatic heterocycles. The Morgan fingerprint density at radius 1 is 1.33 bits per heavy atom. The van der Waals surface area contributed by atoms with Crippen molar-refractivity contribution >= 4 is 16.8 Å². The predicted octanol–water partition coefficient (Wildman–Crippen LogP) is 0.847. The van der Waals surface area contributed by atoms with Crippen molar-refractivity contribution in [1.29, 1.82) is 0 Å². The van der Waals surface area contributed by atoms with Crippen molar-refractivity contribution in [1.82, 2.24) is 20.0 Å². The average Bonchev–Trinajstić information content (AvgIpc) is 3.04. The summed E-state index contributed by atoms with van der Waals surface area (Å²) in [4.78, 5) is 28.0. The molecule has 1 amide bonds. The van der Waals surface area contributed by atoms with Crippen LogP contribution in [0.15, 0.2) is 45.8 Å². The van der Waals surface area contributed by atoms with Crippen LogP contribution in [0.25, 0.3) is 10.9 Å². The molecule has 3 rings (SSSR count). The number of methoxy groups -OCH3 is 1. The number of ether oxygens (including phenoxy) is 1. The number of rotatable bonds is 6. The van der Waals surface area contributed by atoms with Crippen LogP contribution in [0.5, 0.6) is 0 Å². The summed E-state index contributed by atoms with van der Waals surface area (Å²) in [6.45, 7) is 0.467. The highest BCUT2D eigenvalue weighted by Crippen LogP contribution is 2.09. The van der Waals surface area contributed by atoms with Crippen LogP contribution in [0.4, 0.5) is 0 Å². The van der Waals surface area contributed by atoms with E-state index in [1.165, 1.54) is 13.2 Å². The largest absolute Gasteiger partial charge is 0.377 e. The Kier molecular flexibility index (Phi) is 4.66. The Balaban J connectivity index is 1.67. The van der Waals surface area contributed by atoms with E-state index in [1.807, 2.05) is 6.07 Å². The lowest BCUT2D eigenvalue weighted by Crippen LogP contribution is -2.27. The summed E-state index contributed by atoms with van der Waals surface area (Å²) in [5.74, 6) is 0.503. The van der Waals surface area contributed by atoms with E-state index in [1.54, 1.807) is 29.0 Å². The van der Waals surface area contributed by atoms with E-state index in [0.29, 0.717) is 22.6 Å². The molecule has 0 saturated heterocycles. The fourth-order valence-corrected chi connectivity index (χ4v) is 2.33. The maximum atomic E-state index is 12.1. The number of carbonyl (C=O) groups excluding carboxylic acids is 1. The third-order valence-electron chi connectivity index (χ3n) is 3.42. The normalized spacial score (nSPS) is 10.9. The SMILES string of the molecule is COCc1noc(CNC(=O)Cn2ccc(=O)c3ccccc32)n1. The van der Waals surface area contributed by atoms with Crippen molar-refractivity contribution in [2.45, 2.75) is 19.7 Å². The Hall–Kier alpha value is -3.00. The molecule has 8 heteroatoms. The van der Waals surface area contributed by atoms with Gasteiger partial charge in [-0.05, 0) is 12.1 Å². The number of carbonyl (C=O) groups is 1. The minimum Gasteiger partial charge on any atom is -0.377 e. The second-order valence-corrected chi connectivity index (χ2v) is 5.14. The molecule has 0 fully saturated rings. The molecule has 3 aromatic rings. The number of para-hydroxylation sites is 1. The Bertz CT molecular complexity index is 916. The second kappa shape index (κ2) is 7.05. The molecule has 0 spiro atoms. The highest BCUT2D eigenvalue weighted by Gasteiger charge is 2.10. The molecule has 0 unspecified atom stereocenters. The van der Waals surface area contributed by atoms with Gasteiger partial charge in [0.15, 0.2) is 11.3 Å². The van der Waals surface area contributed by atoms with Crippen LogP contribution < -0.4 is 10.7 Å². The molecule has 1 N–H and O–H groups in total. The summed E-state index contributed by atoms with van der Waals surface area (Å²) < 4.78 is 11.6. The summed E-state index contributed by atoms with van der Waals surface area (Å²) in [6.07, 6.45) is 1.60. The molecule has 2 aromatic heterocycles. The van der Waals surface area contributed by atoms with E-state index in [-0.39, 0.29) is 31.0 Å². The van der Waals surface area contributed by atoms with Crippen molar-refractivity contribution in [2.75, 3.05) is 7.11 Å². The molecule has 0 saturated carbocycles. The monoisotopic (exact) mass is 328 g/mol. The van der Waals surface area contributed by atoms with Gasteiger partial charge >= 0.3 is 0 Å². The number of fused-ring (bicyclic) bond motifs is 1. The zero-order valence-corrected chi connectivity index (χ0v) is 13.1. The topological polar surface area (TPSA) is 99.3 Å². The van der Waals surface area contributed by atoms with Gasteiger partial charge in [0.05, 0.1) is 12.1 Å². The number of amides is 1. The molecule has 2 heterocycles. The summed E-state index contributed by atoms with van der Waals surface area (Å²) in [6, 6.07) is 8.61. The van der Waals surface area contributed by atoms with Crippen LogP contribution in [0.1, 0.15) is 11.7 Å². The third kappa shape index (κ3) is 3.49. The lowest BCUT2D eigenvalue weighted by Gasteiger charge is -2.10. The molecule has 0 aliphatic carbocycles. The van der Waals surface area contributed by atoms with E-state index in [0.717, 1.165) is 0 Å². The first-order valence-corrected chi connectivity index (χ1v) is 7.32. The molecule has 0 bridgehead atoms. The summed E-state index contributed by atoms with van der Waals surface area (Å²) in [7, 11) is 1.53. The fourth-order valence-electron chi connectivity index (χ4n) is 2.33. The first-order valence-electron chi connectivity index (χ1n) is 7.32. The number of benzene rings is 1. The van der Waals surface area contributed by atoms with Gasteiger partial charge in [0.25, 0.3) is 0 Å². The van der Waals surface area contributed by atoms with E-state index in [4.69, 9.17) is 9.26 Å². The van der Waals surface area contributed by atoms with Crippen molar-refractivity contribution in [3.63, 3.8) is 0 Å². The minimum atomic E-state index is -0.227. The molecule has 24 heavy (non-hydrogen) atoms. The van der Waals surface area contributed by atoms with Crippen LogP contribution >= 0.6 is 0 Å². The smallest absolute Gasteiger partial charge is 0.246 e. The zero-order valence-electron chi connectivity index (χ0n) is 13.1. The van der Waals surface area contributed by atoms with E-state index in [9.17, 15) is 9.59 Å². The number of pyridine rings is 1. The number of hydrogen-bond acceptors (Lipinski definition) is 6. The Morgan fingerprint density at radius 3 is 3.00 bits per heavy atom. The molecular weight excluding hydrogens is 312 g/mol. The number of nitrogens with one attached hydrogen (secondary N) is 1. The molecule has 0 atom stereocenters. The number of nitrogens with zero attached hydrogens (tertiary/aromatic N) is 3. The minimum absolute atomic E-state index is 0.0706. The highest BCUT2D eigenvalue weighted by molar-refractivity contribution is 5.82. The average molecular weight is 328 g/mol. The summed E-state index contributed by atoms with van der Waals surface area (Å²) in [5.41, 5.74) is 0.638. The molecule has 124 valence electrons. The van der Waals surface area contributed by atoms with Crippen LogP contribution in [0.3, 0.4) is 0 Å². The van der Waals surface area contributed by atoms with Gasteiger partial charge < -0.3 is 19.1 Å². The van der Waals surface area contributed by atoms with E-state index in [2.05, 4.69) is 15.5 Å². The third-order valence-corrected chi connectivity index (χ3v) is 3.42. The van der Waals surface area contributed by atoms with Crippen molar-refractivity contribution in [2.24, 2.45) is 0 Å². The van der Waals surface area contributed by atoms with Gasteiger partial charge in [0.2, 0.25) is 11.8 Å². The lowest BCUT2D eigenvalue weighted by atomic mass is 10.2. The second-order valence-electron chi connectivity index (χ2n) is 5.14. The van der Waals surface area contributed by atoms with Gasteiger partial charge in [-0.25, -0.2) is 0 Å². The van der Waals surface area contributed by atoms with Gasteiger partial charge in [-0.3, -0.25) is 9.59 Å². The van der Waals surface area contributed by atoms with Crippen LogP contribution in [-0.2, 0) is 29.2 Å². The highest BCUT2D eigenvalue weighted by atomic mass is 16.5. The van der Waals surface area contributed by atoms with Crippen molar-refractivity contribution < 1.29 is 14.1 Å². The van der Waals surface area contributed by atoms with Gasteiger partial charge in [-0.15, -0.1) is 0 Å². The molecule has 8 nitrogen and oxygen atoms in total. The number of aromatic nitrogens is 3. The molecular formula is C16H16N4O4. The van der Waals surface area contributed by atoms with Crippen molar-refractivity contribution in [3.8, 4) is 0 Å². The van der Waals surface area contributed by atoms with E-state index >= 15 is 0 Å². The standard InChI is InChI=1S/C16H16N4O4/c1-23-10-14-18-16(24-19-14)8-17-15(22)9-20-7-6-13(21)11-4-2-3-5-12(11)20/h2-7H,8-10H2,1H3,(H,17,22). The van der Waals surface area contributed by atoms with Crippen molar-refractivity contribution in [3.05, 3.63) is 58.5 Å². The molecule has 0 aliphatic rings. The number of hydrogen-bond donors (Lipinski definition) is 1. The molecule has 0 radical (unpaired) electrons. The summed E-state index contributed by atoms with van der Waals surface area (Å²) in [5, 5.41) is 7.00. The quantitative estimate of drug-likeness (QED) is 0.720. The Morgan fingerprint density at radius 2 is 2.17 bits per heavy atom. The predicted molar refractivity (Wildman–Crippen MR) is 85.1 cm³/mol. The fraction of sp³-hybridized carbons (Fsp3) is 0.250. The lowest BCUT2D eigenvalue weighted by molar-refractivity contribution is -0.121. The van der Waals surface area contributed by atoms with Crippen LogP contribution in [0.2, 0.25) is 0 Å². The zero-order chi connectivity index (χ0) is 16.9. The first-order chi connectivity index (χ1) is 11.7. The van der Waals surface area contributed by atoms with Gasteiger partial charge in [-0.2, -0.15) is 4.98 Å². The molecule has 1 aromatic carbocycles. The first kappa shape index (κ1) is 15.9. The van der Waals surface area contributed by atoms with Crippen LogP contribution in [0, 0.1) is 0 Å². The van der Waals surface area contributed by atoms with E-state index < -0.39 is 0 Å². The summed E-state index contributed by atoms with van der Waals surface area (Å²) >= 11 is 0. The van der Waals surface area contributed by atoms with Gasteiger partial charge in [0, 0.05) is 24.8 Å².